The van der Waals surface area contributed by atoms with Crippen LogP contribution in [0.1, 0.15) is 19.8 Å². The molecule has 1 fully saturated rings. The van der Waals surface area contributed by atoms with Crippen molar-refractivity contribution in [3.63, 3.8) is 0 Å². The van der Waals surface area contributed by atoms with Gasteiger partial charge >= 0.3 is 0 Å². The number of nitrogens with zero attached hydrogens (tertiary/aromatic N) is 1. The van der Waals surface area contributed by atoms with Gasteiger partial charge in [0.05, 0.1) is 12.5 Å². The van der Waals surface area contributed by atoms with Crippen molar-refractivity contribution in [2.24, 2.45) is 5.92 Å². The Bertz CT molecular complexity index is 1020. The van der Waals surface area contributed by atoms with E-state index in [4.69, 9.17) is 13.9 Å². The van der Waals surface area contributed by atoms with Gasteiger partial charge in [-0.1, -0.05) is 6.92 Å². The van der Waals surface area contributed by atoms with Crippen LogP contribution < -0.4 is 14.9 Å². The summed E-state index contributed by atoms with van der Waals surface area (Å²) in [4.78, 5) is 15.0. The molecule has 0 saturated carbocycles. The van der Waals surface area contributed by atoms with Crippen LogP contribution >= 0.6 is 0 Å². The third-order valence-electron chi connectivity index (χ3n) is 5.63. The van der Waals surface area contributed by atoms with Crippen LogP contribution in [0.15, 0.2) is 57.7 Å². The second kappa shape index (κ2) is 8.70. The van der Waals surface area contributed by atoms with E-state index in [0.717, 1.165) is 42.6 Å². The Kier molecular flexibility index (Phi) is 5.86. The quantitative estimate of drug-likeness (QED) is 0.614. The molecule has 5 heteroatoms. The van der Waals surface area contributed by atoms with Crippen molar-refractivity contribution in [1.82, 2.24) is 4.90 Å². The van der Waals surface area contributed by atoms with Crippen LogP contribution in [-0.4, -0.2) is 38.3 Å². The normalized spacial score (nSPS) is 15.5. The topological polar surface area (TPSA) is 51.9 Å². The zero-order valence-electron chi connectivity index (χ0n) is 17.0. The molecule has 29 heavy (non-hydrogen) atoms. The Balaban J connectivity index is 1.49. The second-order valence-corrected chi connectivity index (χ2v) is 7.73. The number of rotatable bonds is 6. The Morgan fingerprint density at radius 2 is 1.76 bits per heavy atom. The van der Waals surface area contributed by atoms with Gasteiger partial charge in [0.2, 0.25) is 0 Å². The molecule has 3 aromatic rings. The first-order chi connectivity index (χ1) is 14.1. The lowest BCUT2D eigenvalue weighted by Gasteiger charge is -2.29. The highest BCUT2D eigenvalue weighted by Gasteiger charge is 2.15. The summed E-state index contributed by atoms with van der Waals surface area (Å²) in [6.45, 7) is 6.14. The van der Waals surface area contributed by atoms with Crippen LogP contribution in [0.5, 0.6) is 11.5 Å². The lowest BCUT2D eigenvalue weighted by atomic mass is 9.99. The molecule has 5 nitrogen and oxygen atoms in total. The SMILES string of the molecule is COc1ccc(-c2cc(=O)c3ccc(OCCN4CCC(C)CC4)cc3o2)cc1. The number of methoxy groups -OCH3 is 1. The summed E-state index contributed by atoms with van der Waals surface area (Å²) in [7, 11) is 1.62. The van der Waals surface area contributed by atoms with Gasteiger partial charge in [0.1, 0.15) is 29.4 Å². The molecule has 0 aliphatic carbocycles. The van der Waals surface area contributed by atoms with E-state index in [1.54, 1.807) is 13.2 Å². The largest absolute Gasteiger partial charge is 0.497 e. The third-order valence-corrected chi connectivity index (χ3v) is 5.63. The first-order valence-electron chi connectivity index (χ1n) is 10.2. The van der Waals surface area contributed by atoms with Gasteiger partial charge in [-0.25, -0.2) is 0 Å². The fourth-order valence-electron chi connectivity index (χ4n) is 3.70. The van der Waals surface area contributed by atoms with Crippen molar-refractivity contribution in [2.45, 2.75) is 19.8 Å². The van der Waals surface area contributed by atoms with Crippen LogP contribution in [0.4, 0.5) is 0 Å². The van der Waals surface area contributed by atoms with E-state index in [9.17, 15) is 4.79 Å². The van der Waals surface area contributed by atoms with E-state index in [0.29, 0.717) is 23.3 Å². The molecule has 0 bridgehead atoms. The molecule has 1 saturated heterocycles. The maximum Gasteiger partial charge on any atom is 0.193 e. The van der Waals surface area contributed by atoms with Crippen molar-refractivity contribution in [3.05, 3.63) is 58.8 Å². The fourth-order valence-corrected chi connectivity index (χ4v) is 3.70. The molecule has 4 rings (SSSR count). The third kappa shape index (κ3) is 4.62. The molecule has 0 unspecified atom stereocenters. The van der Waals surface area contributed by atoms with Gasteiger partial charge in [0, 0.05) is 24.2 Å². The number of piperidine rings is 1. The highest BCUT2D eigenvalue weighted by molar-refractivity contribution is 5.80. The molecule has 1 aromatic heterocycles. The van der Waals surface area contributed by atoms with Crippen LogP contribution in [0, 0.1) is 5.92 Å². The van der Waals surface area contributed by atoms with Crippen molar-refractivity contribution in [3.8, 4) is 22.8 Å². The molecule has 152 valence electrons. The zero-order valence-corrected chi connectivity index (χ0v) is 17.0. The Morgan fingerprint density at radius 1 is 1.03 bits per heavy atom. The monoisotopic (exact) mass is 393 g/mol. The van der Waals surface area contributed by atoms with Gasteiger partial charge in [0.15, 0.2) is 5.43 Å². The second-order valence-electron chi connectivity index (χ2n) is 7.73. The van der Waals surface area contributed by atoms with E-state index in [1.165, 1.54) is 18.9 Å². The maximum absolute atomic E-state index is 12.5. The smallest absolute Gasteiger partial charge is 0.193 e. The molecular weight excluding hydrogens is 366 g/mol. The summed E-state index contributed by atoms with van der Waals surface area (Å²) in [5.41, 5.74) is 1.30. The highest BCUT2D eigenvalue weighted by Crippen LogP contribution is 2.26. The fraction of sp³-hybridized carbons (Fsp3) is 0.375. The first-order valence-corrected chi connectivity index (χ1v) is 10.2. The number of hydrogen-bond donors (Lipinski definition) is 0. The predicted molar refractivity (Wildman–Crippen MR) is 115 cm³/mol. The highest BCUT2D eigenvalue weighted by atomic mass is 16.5. The van der Waals surface area contributed by atoms with Gasteiger partial charge < -0.3 is 13.9 Å². The summed E-state index contributed by atoms with van der Waals surface area (Å²) < 4.78 is 17.1. The summed E-state index contributed by atoms with van der Waals surface area (Å²) in [5.74, 6) is 2.84. The number of fused-ring (bicyclic) bond motifs is 1. The summed E-state index contributed by atoms with van der Waals surface area (Å²) in [5, 5.41) is 0.555. The minimum absolute atomic E-state index is 0.0638. The van der Waals surface area contributed by atoms with Gasteiger partial charge in [-0.15, -0.1) is 0 Å². The maximum atomic E-state index is 12.5. The van der Waals surface area contributed by atoms with Gasteiger partial charge in [-0.05, 0) is 68.2 Å². The van der Waals surface area contributed by atoms with E-state index >= 15 is 0 Å². The molecule has 0 amide bonds. The van der Waals surface area contributed by atoms with Crippen LogP contribution in [0.3, 0.4) is 0 Å². The minimum atomic E-state index is -0.0638. The van der Waals surface area contributed by atoms with E-state index in [1.807, 2.05) is 36.4 Å². The predicted octanol–water partition coefficient (Wildman–Crippen LogP) is 4.58. The summed E-state index contributed by atoms with van der Waals surface area (Å²) >= 11 is 0. The van der Waals surface area contributed by atoms with Gasteiger partial charge in [-0.3, -0.25) is 9.69 Å². The van der Waals surface area contributed by atoms with E-state index in [-0.39, 0.29) is 5.43 Å². The molecule has 2 heterocycles. The molecule has 0 spiro atoms. The van der Waals surface area contributed by atoms with Crippen LogP contribution in [0.2, 0.25) is 0 Å². The molecule has 0 radical (unpaired) electrons. The number of ether oxygens (including phenoxy) is 2. The van der Waals surface area contributed by atoms with E-state index < -0.39 is 0 Å². The summed E-state index contributed by atoms with van der Waals surface area (Å²) in [6, 6.07) is 14.4. The zero-order chi connectivity index (χ0) is 20.2. The lowest BCUT2D eigenvalue weighted by Crippen LogP contribution is -2.35. The Labute approximate surface area is 170 Å². The summed E-state index contributed by atoms with van der Waals surface area (Å²) in [6.07, 6.45) is 2.52. The van der Waals surface area contributed by atoms with Crippen molar-refractivity contribution < 1.29 is 13.9 Å². The number of hydrogen-bond acceptors (Lipinski definition) is 5. The first kappa shape index (κ1) is 19.5. The van der Waals surface area contributed by atoms with Crippen molar-refractivity contribution >= 4 is 11.0 Å². The molecule has 0 N–H and O–H groups in total. The molecule has 1 aliphatic heterocycles. The van der Waals surface area contributed by atoms with Crippen LogP contribution in [0.25, 0.3) is 22.3 Å². The molecular formula is C24H27NO4. The number of benzene rings is 2. The van der Waals surface area contributed by atoms with Gasteiger partial charge in [-0.2, -0.15) is 0 Å². The molecule has 0 atom stereocenters. The van der Waals surface area contributed by atoms with E-state index in [2.05, 4.69) is 11.8 Å². The Hall–Kier alpha value is -2.79. The molecule has 1 aliphatic rings. The van der Waals surface area contributed by atoms with Crippen LogP contribution in [-0.2, 0) is 0 Å². The van der Waals surface area contributed by atoms with Crippen molar-refractivity contribution in [2.75, 3.05) is 33.4 Å². The van der Waals surface area contributed by atoms with Crippen molar-refractivity contribution in [1.29, 1.82) is 0 Å². The standard InChI is InChI=1S/C24H27NO4/c1-17-9-11-25(12-10-17)13-14-28-20-7-8-21-22(26)16-23(29-24(21)15-20)18-3-5-19(27-2)6-4-18/h3-8,15-17H,9-14H2,1-2H3. The average molecular weight is 393 g/mol. The van der Waals surface area contributed by atoms with Gasteiger partial charge in [0.25, 0.3) is 0 Å². The lowest BCUT2D eigenvalue weighted by molar-refractivity contribution is 0.160. The average Bonchev–Trinajstić information content (AvgIpc) is 2.75. The molecule has 2 aromatic carbocycles. The Morgan fingerprint density at radius 3 is 2.48 bits per heavy atom. The number of likely N-dealkylation sites (tertiary alicyclic amines) is 1. The minimum Gasteiger partial charge on any atom is -0.497 e.